The molecule has 0 radical (unpaired) electrons. The molecule has 0 aliphatic carbocycles. The summed E-state index contributed by atoms with van der Waals surface area (Å²) in [6.07, 6.45) is 1.78. The molecule has 0 aliphatic heterocycles. The van der Waals surface area contributed by atoms with Gasteiger partial charge in [-0.15, -0.1) is 0 Å². The second-order valence-corrected chi connectivity index (χ2v) is 3.20. The molecule has 0 unspecified atom stereocenters. The van der Waals surface area contributed by atoms with Gasteiger partial charge >= 0.3 is 0 Å². The van der Waals surface area contributed by atoms with Crippen LogP contribution in [-0.2, 0) is 0 Å². The van der Waals surface area contributed by atoms with Crippen molar-refractivity contribution < 1.29 is 0 Å². The maximum absolute atomic E-state index is 4.23. The monoisotopic (exact) mass is 165 g/mol. The molecule has 2 heterocycles. The predicted octanol–water partition coefficient (Wildman–Crippen LogP) is 1.70. The fourth-order valence-corrected chi connectivity index (χ4v) is 1.69. The van der Waals surface area contributed by atoms with Gasteiger partial charge in [0.05, 0.1) is 16.6 Å². The fraction of sp³-hybridized carbons (Fsp3) is 0.286. The molecular weight excluding hydrogens is 158 g/mol. The van der Waals surface area contributed by atoms with E-state index in [0.717, 1.165) is 21.7 Å². The molecule has 0 fully saturated rings. The molecule has 0 aliphatic rings. The summed E-state index contributed by atoms with van der Waals surface area (Å²) in [6, 6.07) is 0. The maximum Gasteiger partial charge on any atom is 0.126 e. The Hall–Kier alpha value is -1.03. The predicted molar refractivity (Wildman–Crippen MR) is 44.7 cm³/mol. The lowest BCUT2D eigenvalue weighted by atomic mass is 10.4. The molecule has 0 N–H and O–H groups in total. The second kappa shape index (κ2) is 2.23. The Kier molecular flexibility index (Phi) is 1.35. The van der Waals surface area contributed by atoms with Crippen LogP contribution in [-0.4, -0.2) is 14.3 Å². The van der Waals surface area contributed by atoms with Crippen LogP contribution >= 0.6 is 11.5 Å². The third-order valence-corrected chi connectivity index (χ3v) is 2.39. The number of fused-ring (bicyclic) bond motifs is 1. The smallest absolute Gasteiger partial charge is 0.126 e. The Morgan fingerprint density at radius 2 is 2.09 bits per heavy atom. The fourth-order valence-electron chi connectivity index (χ4n) is 1.06. The molecular formula is C7H7N3S. The number of hydrogen-bond donors (Lipinski definition) is 0. The Morgan fingerprint density at radius 3 is 2.91 bits per heavy atom. The minimum absolute atomic E-state index is 0.815. The molecule has 0 atom stereocenters. The quantitative estimate of drug-likeness (QED) is 0.596. The summed E-state index contributed by atoms with van der Waals surface area (Å²) < 4.78 is 5.14. The lowest BCUT2D eigenvalue weighted by Gasteiger charge is -1.94. The van der Waals surface area contributed by atoms with Crippen molar-refractivity contribution in [2.24, 2.45) is 0 Å². The summed E-state index contributed by atoms with van der Waals surface area (Å²) in [5, 5.41) is 0. The molecule has 2 rings (SSSR count). The maximum atomic E-state index is 4.23. The van der Waals surface area contributed by atoms with Crippen LogP contribution in [0, 0.1) is 13.8 Å². The zero-order valence-corrected chi connectivity index (χ0v) is 7.14. The van der Waals surface area contributed by atoms with Crippen molar-refractivity contribution in [1.82, 2.24) is 14.3 Å². The molecule has 56 valence electrons. The van der Waals surface area contributed by atoms with Gasteiger partial charge in [-0.2, -0.15) is 4.37 Å². The summed E-state index contributed by atoms with van der Waals surface area (Å²) >= 11 is 1.45. The summed E-state index contributed by atoms with van der Waals surface area (Å²) in [6.45, 7) is 3.87. The molecule has 3 nitrogen and oxygen atoms in total. The van der Waals surface area contributed by atoms with Gasteiger partial charge in [0.2, 0.25) is 0 Å². The number of aromatic nitrogens is 3. The molecule has 0 saturated heterocycles. The highest BCUT2D eigenvalue weighted by Gasteiger charge is 2.02. The first kappa shape index (κ1) is 6.67. The molecule has 4 heteroatoms. The lowest BCUT2D eigenvalue weighted by molar-refractivity contribution is 1.05. The van der Waals surface area contributed by atoms with Gasteiger partial charge in [0.1, 0.15) is 11.3 Å². The van der Waals surface area contributed by atoms with Crippen LogP contribution in [0.25, 0.3) is 10.2 Å². The minimum Gasteiger partial charge on any atom is -0.237 e. The normalized spacial score (nSPS) is 10.7. The summed E-state index contributed by atoms with van der Waals surface area (Å²) in [7, 11) is 0. The first-order chi connectivity index (χ1) is 5.27. The Morgan fingerprint density at radius 1 is 1.27 bits per heavy atom. The first-order valence-electron chi connectivity index (χ1n) is 3.33. The van der Waals surface area contributed by atoms with Crippen LogP contribution in [0.15, 0.2) is 6.20 Å². The van der Waals surface area contributed by atoms with Crippen LogP contribution in [0.1, 0.15) is 11.5 Å². The summed E-state index contributed by atoms with van der Waals surface area (Å²) in [4.78, 5) is 8.47. The van der Waals surface area contributed by atoms with E-state index in [-0.39, 0.29) is 0 Å². The van der Waals surface area contributed by atoms with E-state index < -0.39 is 0 Å². The van der Waals surface area contributed by atoms with Gasteiger partial charge in [-0.25, -0.2) is 9.97 Å². The zero-order valence-electron chi connectivity index (χ0n) is 6.33. The van der Waals surface area contributed by atoms with Gasteiger partial charge in [-0.05, 0) is 25.4 Å². The number of aryl methyl sites for hydroxylation is 2. The van der Waals surface area contributed by atoms with E-state index in [1.54, 1.807) is 6.20 Å². The van der Waals surface area contributed by atoms with Crippen molar-refractivity contribution in [2.75, 3.05) is 0 Å². The highest BCUT2D eigenvalue weighted by molar-refractivity contribution is 7.13. The average molecular weight is 165 g/mol. The van der Waals surface area contributed by atoms with E-state index in [2.05, 4.69) is 14.3 Å². The van der Waals surface area contributed by atoms with Gasteiger partial charge in [-0.3, -0.25) is 0 Å². The standard InChI is InChI=1S/C7H7N3S/c1-4-7-6(3-8-11-7)10-5(2)9-4/h3H,1-2H3. The second-order valence-electron chi connectivity index (χ2n) is 2.40. The Bertz CT molecular complexity index is 393. The van der Waals surface area contributed by atoms with Gasteiger partial charge in [-0.1, -0.05) is 0 Å². The van der Waals surface area contributed by atoms with Gasteiger partial charge in [0.25, 0.3) is 0 Å². The van der Waals surface area contributed by atoms with Crippen LogP contribution in [0.2, 0.25) is 0 Å². The molecule has 0 spiro atoms. The van der Waals surface area contributed by atoms with Gasteiger partial charge < -0.3 is 0 Å². The molecule has 0 bridgehead atoms. The van der Waals surface area contributed by atoms with Gasteiger partial charge in [0.15, 0.2) is 0 Å². The number of rotatable bonds is 0. The van der Waals surface area contributed by atoms with Crippen molar-refractivity contribution in [3.05, 3.63) is 17.7 Å². The van der Waals surface area contributed by atoms with Crippen LogP contribution in [0.5, 0.6) is 0 Å². The lowest BCUT2D eigenvalue weighted by Crippen LogP contribution is -1.89. The van der Waals surface area contributed by atoms with Crippen LogP contribution < -0.4 is 0 Å². The van der Waals surface area contributed by atoms with E-state index in [9.17, 15) is 0 Å². The number of nitrogens with zero attached hydrogens (tertiary/aromatic N) is 3. The SMILES string of the molecule is Cc1nc(C)c2sncc2n1. The highest BCUT2D eigenvalue weighted by Crippen LogP contribution is 2.18. The average Bonchev–Trinajstić information content (AvgIpc) is 2.34. The van der Waals surface area contributed by atoms with Crippen molar-refractivity contribution in [1.29, 1.82) is 0 Å². The van der Waals surface area contributed by atoms with E-state index in [1.807, 2.05) is 13.8 Å². The summed E-state index contributed by atoms with van der Waals surface area (Å²) in [5.74, 6) is 0.815. The van der Waals surface area contributed by atoms with Crippen molar-refractivity contribution >= 4 is 21.7 Å². The summed E-state index contributed by atoms with van der Waals surface area (Å²) in [5.41, 5.74) is 1.98. The Balaban J connectivity index is 2.91. The van der Waals surface area contributed by atoms with Crippen LogP contribution in [0.3, 0.4) is 0 Å². The minimum atomic E-state index is 0.815. The molecule has 0 amide bonds. The van der Waals surface area contributed by atoms with Crippen molar-refractivity contribution in [3.8, 4) is 0 Å². The van der Waals surface area contributed by atoms with Crippen LogP contribution in [0.4, 0.5) is 0 Å². The topological polar surface area (TPSA) is 38.7 Å². The van der Waals surface area contributed by atoms with E-state index in [1.165, 1.54) is 11.5 Å². The zero-order chi connectivity index (χ0) is 7.84. The van der Waals surface area contributed by atoms with E-state index >= 15 is 0 Å². The van der Waals surface area contributed by atoms with Crippen molar-refractivity contribution in [2.45, 2.75) is 13.8 Å². The Labute approximate surface area is 68.3 Å². The third kappa shape index (κ3) is 0.991. The van der Waals surface area contributed by atoms with E-state index in [4.69, 9.17) is 0 Å². The molecule has 0 saturated carbocycles. The highest BCUT2D eigenvalue weighted by atomic mass is 32.1. The molecule has 0 aromatic carbocycles. The number of hydrogen-bond acceptors (Lipinski definition) is 4. The first-order valence-corrected chi connectivity index (χ1v) is 4.10. The largest absolute Gasteiger partial charge is 0.237 e. The molecule has 2 aromatic rings. The molecule has 2 aromatic heterocycles. The third-order valence-electron chi connectivity index (χ3n) is 1.49. The van der Waals surface area contributed by atoms with E-state index in [0.29, 0.717) is 0 Å². The van der Waals surface area contributed by atoms with Gasteiger partial charge in [0, 0.05) is 0 Å². The van der Waals surface area contributed by atoms with Crippen molar-refractivity contribution in [3.63, 3.8) is 0 Å². The molecule has 11 heavy (non-hydrogen) atoms.